The summed E-state index contributed by atoms with van der Waals surface area (Å²) < 4.78 is 0. The minimum Gasteiger partial charge on any atom is -0.273 e. The van der Waals surface area contributed by atoms with E-state index in [0.29, 0.717) is 10.7 Å². The zero-order valence-corrected chi connectivity index (χ0v) is 17.0. The van der Waals surface area contributed by atoms with Gasteiger partial charge in [0.15, 0.2) is 6.10 Å². The molecule has 3 atom stereocenters. The van der Waals surface area contributed by atoms with E-state index < -0.39 is 18.1 Å². The van der Waals surface area contributed by atoms with E-state index in [4.69, 9.17) is 16.4 Å². The molecule has 2 heterocycles. The fourth-order valence-electron chi connectivity index (χ4n) is 4.16. The SMILES string of the molecule is Cc1ccc(C2C3C(=O)N(c4ccc(Cl)cc4)C(=O)C3ON2c2ccccc2)cc1. The number of hydrogen-bond acceptors (Lipinski definition) is 4. The van der Waals surface area contributed by atoms with E-state index in [1.807, 2.05) is 61.5 Å². The quantitative estimate of drug-likeness (QED) is 0.578. The maximum absolute atomic E-state index is 13.5. The molecule has 2 saturated heterocycles. The normalized spacial score (nSPS) is 23.2. The van der Waals surface area contributed by atoms with Crippen LogP contribution in [0.4, 0.5) is 11.4 Å². The first-order chi connectivity index (χ1) is 14.5. The largest absolute Gasteiger partial charge is 0.273 e. The number of fused-ring (bicyclic) bond motifs is 1. The topological polar surface area (TPSA) is 49.9 Å². The lowest BCUT2D eigenvalue weighted by Gasteiger charge is -2.28. The first-order valence-corrected chi connectivity index (χ1v) is 10.1. The van der Waals surface area contributed by atoms with Crippen molar-refractivity contribution in [2.45, 2.75) is 19.1 Å². The van der Waals surface area contributed by atoms with Crippen LogP contribution in [0.2, 0.25) is 5.02 Å². The Bertz CT molecular complexity index is 1100. The van der Waals surface area contributed by atoms with Crippen molar-refractivity contribution in [2.75, 3.05) is 9.96 Å². The zero-order valence-electron chi connectivity index (χ0n) is 16.2. The van der Waals surface area contributed by atoms with Crippen LogP contribution in [0.3, 0.4) is 0 Å². The van der Waals surface area contributed by atoms with Gasteiger partial charge in [0.25, 0.3) is 5.91 Å². The van der Waals surface area contributed by atoms with Gasteiger partial charge in [0, 0.05) is 5.02 Å². The highest BCUT2D eigenvalue weighted by Crippen LogP contribution is 2.47. The molecule has 5 nitrogen and oxygen atoms in total. The van der Waals surface area contributed by atoms with Crippen LogP contribution in [0.15, 0.2) is 78.9 Å². The predicted molar refractivity (Wildman–Crippen MR) is 115 cm³/mol. The summed E-state index contributed by atoms with van der Waals surface area (Å²) >= 11 is 5.97. The highest BCUT2D eigenvalue weighted by atomic mass is 35.5. The van der Waals surface area contributed by atoms with Gasteiger partial charge < -0.3 is 0 Å². The highest BCUT2D eigenvalue weighted by molar-refractivity contribution is 6.31. The number of carbonyl (C=O) groups is 2. The number of hydrogen-bond donors (Lipinski definition) is 0. The maximum Gasteiger partial charge on any atom is 0.266 e. The molecule has 2 fully saturated rings. The number of imide groups is 1. The fourth-order valence-corrected chi connectivity index (χ4v) is 4.29. The van der Waals surface area contributed by atoms with Crippen molar-refractivity contribution in [3.05, 3.63) is 95.0 Å². The number of hydroxylamine groups is 1. The third-order valence-electron chi connectivity index (χ3n) is 5.63. The predicted octanol–water partition coefficient (Wildman–Crippen LogP) is 4.70. The first kappa shape index (κ1) is 18.9. The van der Waals surface area contributed by atoms with E-state index in [-0.39, 0.29) is 11.8 Å². The van der Waals surface area contributed by atoms with Crippen molar-refractivity contribution in [3.63, 3.8) is 0 Å². The van der Waals surface area contributed by atoms with Crippen LogP contribution < -0.4 is 9.96 Å². The van der Waals surface area contributed by atoms with Crippen molar-refractivity contribution >= 4 is 34.8 Å². The van der Waals surface area contributed by atoms with Crippen molar-refractivity contribution in [2.24, 2.45) is 5.92 Å². The van der Waals surface area contributed by atoms with Crippen LogP contribution in [0, 0.1) is 12.8 Å². The Labute approximate surface area is 179 Å². The molecule has 2 aliphatic heterocycles. The number of para-hydroxylation sites is 1. The lowest BCUT2D eigenvalue weighted by Crippen LogP contribution is -2.37. The Kier molecular flexibility index (Phi) is 4.57. The standard InChI is InChI=1S/C24H19ClN2O3/c1-15-7-9-16(10-8-15)21-20-22(30-27(21)19-5-3-2-4-6-19)24(29)26(23(20)28)18-13-11-17(25)12-14-18/h2-14,20-22H,1H3. The molecule has 150 valence electrons. The second-order valence-electron chi connectivity index (χ2n) is 7.56. The summed E-state index contributed by atoms with van der Waals surface area (Å²) in [6.07, 6.45) is -0.875. The zero-order chi connectivity index (χ0) is 20.8. The van der Waals surface area contributed by atoms with Crippen LogP contribution in [-0.4, -0.2) is 17.9 Å². The fraction of sp³-hybridized carbons (Fsp3) is 0.167. The van der Waals surface area contributed by atoms with Gasteiger partial charge in [0.1, 0.15) is 5.92 Å². The maximum atomic E-state index is 13.5. The lowest BCUT2D eigenvalue weighted by atomic mass is 9.90. The van der Waals surface area contributed by atoms with Crippen molar-refractivity contribution in [1.82, 2.24) is 0 Å². The van der Waals surface area contributed by atoms with Crippen molar-refractivity contribution in [3.8, 4) is 0 Å². The molecule has 0 saturated carbocycles. The molecule has 0 aromatic heterocycles. The van der Waals surface area contributed by atoms with Gasteiger partial charge in [-0.1, -0.05) is 59.6 Å². The van der Waals surface area contributed by atoms with Crippen LogP contribution in [0.25, 0.3) is 0 Å². The molecule has 0 spiro atoms. The molecule has 3 aromatic carbocycles. The van der Waals surface area contributed by atoms with Crippen LogP contribution in [0.5, 0.6) is 0 Å². The summed E-state index contributed by atoms with van der Waals surface area (Å²) in [7, 11) is 0. The van der Waals surface area contributed by atoms with Gasteiger partial charge in [-0.3, -0.25) is 14.4 Å². The number of anilines is 2. The number of carbonyl (C=O) groups excluding carboxylic acids is 2. The summed E-state index contributed by atoms with van der Waals surface area (Å²) in [5, 5.41) is 2.25. The smallest absolute Gasteiger partial charge is 0.266 e. The average molecular weight is 419 g/mol. The van der Waals surface area contributed by atoms with E-state index in [1.54, 1.807) is 29.3 Å². The molecule has 30 heavy (non-hydrogen) atoms. The number of aryl methyl sites for hydroxylation is 1. The van der Waals surface area contributed by atoms with E-state index >= 15 is 0 Å². The van der Waals surface area contributed by atoms with Gasteiger partial charge in [0.05, 0.1) is 17.4 Å². The molecular weight excluding hydrogens is 400 g/mol. The molecule has 5 rings (SSSR count). The molecule has 0 radical (unpaired) electrons. The third-order valence-corrected chi connectivity index (χ3v) is 5.88. The monoisotopic (exact) mass is 418 g/mol. The number of rotatable bonds is 3. The van der Waals surface area contributed by atoms with Crippen molar-refractivity contribution in [1.29, 1.82) is 0 Å². The Balaban J connectivity index is 1.58. The van der Waals surface area contributed by atoms with Gasteiger partial charge in [-0.05, 0) is 48.9 Å². The van der Waals surface area contributed by atoms with Crippen LogP contribution in [-0.2, 0) is 14.4 Å². The summed E-state index contributed by atoms with van der Waals surface area (Å²) in [5.41, 5.74) is 3.35. The highest BCUT2D eigenvalue weighted by Gasteiger charge is 2.60. The second-order valence-corrected chi connectivity index (χ2v) is 7.99. The molecule has 3 aromatic rings. The summed E-state index contributed by atoms with van der Waals surface area (Å²) in [6, 6.07) is 23.8. The first-order valence-electron chi connectivity index (χ1n) is 9.75. The average Bonchev–Trinajstić information content (AvgIpc) is 3.27. The third kappa shape index (κ3) is 2.98. The number of halogens is 1. The Morgan fingerprint density at radius 1 is 0.800 bits per heavy atom. The van der Waals surface area contributed by atoms with E-state index in [1.165, 1.54) is 4.90 Å². The lowest BCUT2D eigenvalue weighted by molar-refractivity contribution is -0.126. The number of amides is 2. The molecule has 0 N–H and O–H groups in total. The van der Waals surface area contributed by atoms with E-state index in [9.17, 15) is 9.59 Å². The van der Waals surface area contributed by atoms with Gasteiger partial charge in [0.2, 0.25) is 5.91 Å². The Morgan fingerprint density at radius 3 is 2.13 bits per heavy atom. The summed E-state index contributed by atoms with van der Waals surface area (Å²) in [5.74, 6) is -1.27. The Morgan fingerprint density at radius 2 is 1.47 bits per heavy atom. The molecule has 6 heteroatoms. The van der Waals surface area contributed by atoms with Crippen LogP contribution >= 0.6 is 11.6 Å². The van der Waals surface area contributed by atoms with Crippen molar-refractivity contribution < 1.29 is 14.4 Å². The molecular formula is C24H19ClN2O3. The molecule has 2 aliphatic rings. The minimum absolute atomic E-state index is 0.267. The number of nitrogens with zero attached hydrogens (tertiary/aromatic N) is 2. The van der Waals surface area contributed by atoms with E-state index in [0.717, 1.165) is 16.8 Å². The second kappa shape index (κ2) is 7.27. The molecule has 0 aliphatic carbocycles. The summed E-state index contributed by atoms with van der Waals surface area (Å²) in [4.78, 5) is 34.0. The summed E-state index contributed by atoms with van der Waals surface area (Å²) in [6.45, 7) is 2.01. The van der Waals surface area contributed by atoms with Gasteiger partial charge in [-0.15, -0.1) is 0 Å². The van der Waals surface area contributed by atoms with Gasteiger partial charge in [-0.2, -0.15) is 0 Å². The van der Waals surface area contributed by atoms with Gasteiger partial charge in [-0.25, -0.2) is 9.96 Å². The Hall–Kier alpha value is -3.15. The minimum atomic E-state index is -0.875. The molecule has 2 amide bonds. The van der Waals surface area contributed by atoms with Gasteiger partial charge >= 0.3 is 0 Å². The van der Waals surface area contributed by atoms with E-state index in [2.05, 4.69) is 0 Å². The molecule has 0 bridgehead atoms. The molecule has 3 unspecified atom stereocenters. The van der Waals surface area contributed by atoms with Crippen LogP contribution in [0.1, 0.15) is 17.2 Å². The number of benzene rings is 3.